The minimum atomic E-state index is -2.97. The summed E-state index contributed by atoms with van der Waals surface area (Å²) >= 11 is 0. The van der Waals surface area contributed by atoms with Crippen LogP contribution in [0, 0.1) is 0 Å². The van der Waals surface area contributed by atoms with Crippen LogP contribution in [-0.4, -0.2) is 42.0 Å². The van der Waals surface area contributed by atoms with Gasteiger partial charge in [-0.25, -0.2) is 8.42 Å². The van der Waals surface area contributed by atoms with Crippen LogP contribution < -0.4 is 0 Å². The molecule has 1 aromatic rings. The summed E-state index contributed by atoms with van der Waals surface area (Å²) in [5.74, 6) is 0.231. The first-order valence-electron chi connectivity index (χ1n) is 6.47. The molecule has 1 aliphatic rings. The van der Waals surface area contributed by atoms with Gasteiger partial charge in [-0.15, -0.1) is 0 Å². The Morgan fingerprint density at radius 3 is 2.32 bits per heavy atom. The number of aliphatic hydroxyl groups is 1. The van der Waals surface area contributed by atoms with Crippen molar-refractivity contribution in [3.05, 3.63) is 35.4 Å². The summed E-state index contributed by atoms with van der Waals surface area (Å²) in [6, 6.07) is 7.78. The van der Waals surface area contributed by atoms with Crippen molar-refractivity contribution in [3.8, 4) is 0 Å². The van der Waals surface area contributed by atoms with Gasteiger partial charge < -0.3 is 5.11 Å². The Morgan fingerprint density at radius 1 is 1.21 bits per heavy atom. The molecular weight excluding hydrogens is 262 g/mol. The molecule has 0 radical (unpaired) electrons. The Hall–Kier alpha value is -0.910. The molecule has 2 rings (SSSR count). The highest BCUT2D eigenvalue weighted by Gasteiger charge is 2.39. The lowest BCUT2D eigenvalue weighted by Gasteiger charge is -2.37. The van der Waals surface area contributed by atoms with Crippen LogP contribution in [0.1, 0.15) is 25.0 Å². The van der Waals surface area contributed by atoms with Gasteiger partial charge in [-0.2, -0.15) is 0 Å². The van der Waals surface area contributed by atoms with Gasteiger partial charge in [0.15, 0.2) is 9.84 Å². The second-order valence-corrected chi connectivity index (χ2v) is 8.51. The van der Waals surface area contributed by atoms with Gasteiger partial charge in [0.25, 0.3) is 0 Å². The van der Waals surface area contributed by atoms with Crippen LogP contribution in [0.15, 0.2) is 24.3 Å². The molecule has 1 N–H and O–H groups in total. The van der Waals surface area contributed by atoms with E-state index in [1.165, 1.54) is 0 Å². The van der Waals surface area contributed by atoms with Gasteiger partial charge in [-0.3, -0.25) is 4.90 Å². The van der Waals surface area contributed by atoms with E-state index in [1.54, 1.807) is 13.8 Å². The van der Waals surface area contributed by atoms with Gasteiger partial charge in [-0.05, 0) is 25.0 Å². The Kier molecular flexibility index (Phi) is 3.99. The third kappa shape index (κ3) is 3.16. The van der Waals surface area contributed by atoms with Gasteiger partial charge in [0.2, 0.25) is 0 Å². The Balaban J connectivity index is 2.04. The van der Waals surface area contributed by atoms with Crippen molar-refractivity contribution >= 4 is 9.84 Å². The molecule has 1 aliphatic heterocycles. The molecule has 106 valence electrons. The van der Waals surface area contributed by atoms with Crippen molar-refractivity contribution in [1.82, 2.24) is 4.90 Å². The van der Waals surface area contributed by atoms with Crippen LogP contribution in [0.3, 0.4) is 0 Å². The number of hydrogen-bond acceptors (Lipinski definition) is 4. The van der Waals surface area contributed by atoms with Gasteiger partial charge in [-0.1, -0.05) is 24.3 Å². The van der Waals surface area contributed by atoms with Crippen molar-refractivity contribution in [3.63, 3.8) is 0 Å². The third-order valence-electron chi connectivity index (χ3n) is 3.73. The van der Waals surface area contributed by atoms with E-state index in [0.29, 0.717) is 13.1 Å². The molecule has 4 nitrogen and oxygen atoms in total. The Morgan fingerprint density at radius 2 is 1.79 bits per heavy atom. The molecule has 0 aliphatic carbocycles. The minimum absolute atomic E-state index is 0.0509. The summed E-state index contributed by atoms with van der Waals surface area (Å²) < 4.78 is 23.2. The summed E-state index contributed by atoms with van der Waals surface area (Å²) in [5, 5.41) is 9.00. The summed E-state index contributed by atoms with van der Waals surface area (Å²) in [5.41, 5.74) is 2.04. The number of hydrogen-bond donors (Lipinski definition) is 1. The molecule has 19 heavy (non-hydrogen) atoms. The summed E-state index contributed by atoms with van der Waals surface area (Å²) in [7, 11) is -2.97. The molecule has 0 atom stereocenters. The van der Waals surface area contributed by atoms with E-state index in [1.807, 2.05) is 24.3 Å². The van der Waals surface area contributed by atoms with E-state index in [-0.39, 0.29) is 12.4 Å². The number of rotatable bonds is 3. The van der Waals surface area contributed by atoms with Crippen LogP contribution in [0.4, 0.5) is 0 Å². The summed E-state index contributed by atoms with van der Waals surface area (Å²) in [6.45, 7) is 5.55. The van der Waals surface area contributed by atoms with Crippen LogP contribution in [0.2, 0.25) is 0 Å². The van der Waals surface area contributed by atoms with E-state index < -0.39 is 14.6 Å². The standard InChI is InChI=1S/C14H21NO3S/c1-14(2)11-15(7-8-19(14,17)18)9-12-3-5-13(10-16)6-4-12/h3-6,16H,7-11H2,1-2H3. The molecule has 0 aromatic heterocycles. The second-order valence-electron chi connectivity index (χ2n) is 5.76. The Labute approximate surface area is 115 Å². The zero-order valence-corrected chi connectivity index (χ0v) is 12.3. The maximum Gasteiger partial charge on any atom is 0.157 e. The van der Waals surface area contributed by atoms with Crippen LogP contribution in [-0.2, 0) is 23.0 Å². The van der Waals surface area contributed by atoms with Crippen LogP contribution in [0.5, 0.6) is 0 Å². The molecular formula is C14H21NO3S. The van der Waals surface area contributed by atoms with Crippen molar-refractivity contribution < 1.29 is 13.5 Å². The van der Waals surface area contributed by atoms with E-state index in [9.17, 15) is 8.42 Å². The highest BCUT2D eigenvalue weighted by atomic mass is 32.2. The maximum atomic E-state index is 11.9. The molecule has 0 unspecified atom stereocenters. The van der Waals surface area contributed by atoms with Crippen molar-refractivity contribution in [2.45, 2.75) is 31.7 Å². The Bertz CT molecular complexity index is 534. The zero-order valence-electron chi connectivity index (χ0n) is 11.5. The molecule has 0 amide bonds. The monoisotopic (exact) mass is 283 g/mol. The van der Waals surface area contributed by atoms with E-state index in [2.05, 4.69) is 4.90 Å². The lowest BCUT2D eigenvalue weighted by molar-refractivity contribution is 0.241. The van der Waals surface area contributed by atoms with Gasteiger partial charge >= 0.3 is 0 Å². The molecule has 0 bridgehead atoms. The zero-order chi connectivity index (χ0) is 14.1. The smallest absolute Gasteiger partial charge is 0.157 e. The average molecular weight is 283 g/mol. The van der Waals surface area contributed by atoms with Crippen molar-refractivity contribution in [2.24, 2.45) is 0 Å². The van der Waals surface area contributed by atoms with Crippen LogP contribution >= 0.6 is 0 Å². The lowest BCUT2D eigenvalue weighted by atomic mass is 10.1. The highest BCUT2D eigenvalue weighted by Crippen LogP contribution is 2.24. The first-order valence-corrected chi connectivity index (χ1v) is 8.13. The molecule has 1 saturated heterocycles. The fourth-order valence-corrected chi connectivity index (χ4v) is 3.82. The molecule has 5 heteroatoms. The average Bonchev–Trinajstić information content (AvgIpc) is 2.35. The molecule has 1 fully saturated rings. The quantitative estimate of drug-likeness (QED) is 0.905. The number of aliphatic hydroxyl groups excluding tert-OH is 1. The highest BCUT2D eigenvalue weighted by molar-refractivity contribution is 7.92. The van der Waals surface area contributed by atoms with Gasteiger partial charge in [0.1, 0.15) is 0 Å². The second kappa shape index (κ2) is 5.23. The number of sulfone groups is 1. The number of nitrogens with zero attached hydrogens (tertiary/aromatic N) is 1. The normalized spacial score (nSPS) is 22.3. The molecule has 0 spiro atoms. The predicted octanol–water partition coefficient (Wildman–Crippen LogP) is 1.19. The van der Waals surface area contributed by atoms with Gasteiger partial charge in [0, 0.05) is 19.6 Å². The maximum absolute atomic E-state index is 11.9. The third-order valence-corrected chi connectivity index (χ3v) is 6.27. The summed E-state index contributed by atoms with van der Waals surface area (Å²) in [4.78, 5) is 2.18. The topological polar surface area (TPSA) is 57.6 Å². The fraction of sp³-hybridized carbons (Fsp3) is 0.571. The predicted molar refractivity (Wildman–Crippen MR) is 75.5 cm³/mol. The molecule has 1 heterocycles. The first-order chi connectivity index (χ1) is 8.84. The van der Waals surface area contributed by atoms with Crippen molar-refractivity contribution in [2.75, 3.05) is 18.8 Å². The minimum Gasteiger partial charge on any atom is -0.392 e. The fourth-order valence-electron chi connectivity index (χ4n) is 2.38. The van der Waals surface area contributed by atoms with Crippen LogP contribution in [0.25, 0.3) is 0 Å². The first kappa shape index (κ1) is 14.5. The van der Waals surface area contributed by atoms with E-state index in [4.69, 9.17) is 5.11 Å². The number of benzene rings is 1. The lowest BCUT2D eigenvalue weighted by Crippen LogP contribution is -2.52. The van der Waals surface area contributed by atoms with E-state index >= 15 is 0 Å². The SMILES string of the molecule is CC1(C)CN(Cc2ccc(CO)cc2)CCS1(=O)=O. The van der Waals surface area contributed by atoms with Crippen molar-refractivity contribution in [1.29, 1.82) is 0 Å². The van der Waals surface area contributed by atoms with Gasteiger partial charge in [0.05, 0.1) is 17.1 Å². The summed E-state index contributed by atoms with van der Waals surface area (Å²) in [6.07, 6.45) is 0. The van der Waals surface area contributed by atoms with E-state index in [0.717, 1.165) is 17.7 Å². The molecule has 1 aromatic carbocycles. The molecule has 0 saturated carbocycles. The largest absolute Gasteiger partial charge is 0.392 e.